The molecule has 0 amide bonds. The van der Waals surface area contributed by atoms with Crippen molar-refractivity contribution in [1.29, 1.82) is 0 Å². The summed E-state index contributed by atoms with van der Waals surface area (Å²) < 4.78 is 5.50. The van der Waals surface area contributed by atoms with Crippen molar-refractivity contribution >= 4 is 5.97 Å². The van der Waals surface area contributed by atoms with E-state index in [0.29, 0.717) is 16.9 Å². The molecule has 0 aliphatic heterocycles. The molecule has 0 aromatic rings. The molecular weight excluding hydrogens is 276 g/mol. The molecule has 126 valence electrons. The summed E-state index contributed by atoms with van der Waals surface area (Å²) in [5.41, 5.74) is 0.812. The van der Waals surface area contributed by atoms with Crippen molar-refractivity contribution in [1.82, 2.24) is 0 Å². The molecule has 2 rings (SSSR count). The Morgan fingerprint density at radius 1 is 1.00 bits per heavy atom. The van der Waals surface area contributed by atoms with E-state index in [1.165, 1.54) is 0 Å². The Morgan fingerprint density at radius 3 is 1.91 bits per heavy atom. The topological polar surface area (TPSA) is 46.5 Å². The van der Waals surface area contributed by atoms with Crippen LogP contribution in [0, 0.1) is 17.3 Å². The number of rotatable bonds is 4. The Balaban J connectivity index is 1.85. The number of hydrogen-bond acceptors (Lipinski definition) is 3. The molecule has 2 aliphatic carbocycles. The molecule has 0 saturated heterocycles. The fourth-order valence-corrected chi connectivity index (χ4v) is 4.33. The lowest BCUT2D eigenvalue weighted by atomic mass is 9.60. The number of esters is 1. The fourth-order valence-electron chi connectivity index (χ4n) is 4.33. The van der Waals surface area contributed by atoms with E-state index >= 15 is 0 Å². The quantitative estimate of drug-likeness (QED) is 0.624. The zero-order chi connectivity index (χ0) is 16.3. The van der Waals surface area contributed by atoms with Gasteiger partial charge in [0.2, 0.25) is 0 Å². The summed E-state index contributed by atoms with van der Waals surface area (Å²) >= 11 is 0. The van der Waals surface area contributed by atoms with E-state index in [1.807, 2.05) is 0 Å². The van der Waals surface area contributed by atoms with Crippen LogP contribution in [0.3, 0.4) is 0 Å². The summed E-state index contributed by atoms with van der Waals surface area (Å²) in [7, 11) is 0. The minimum Gasteiger partial charge on any atom is -0.459 e. The summed E-state index contributed by atoms with van der Waals surface area (Å²) in [6.07, 6.45) is 8.44. The predicted octanol–water partition coefficient (Wildman–Crippen LogP) is 4.24. The SMILES string of the molecule is C=C(C)C(=O)OC1CCC(C(C)(C)C2CCC(O)CC2)CC1. The summed E-state index contributed by atoms with van der Waals surface area (Å²) in [5, 5.41) is 9.71. The lowest BCUT2D eigenvalue weighted by molar-refractivity contribution is -0.146. The first-order valence-corrected chi connectivity index (χ1v) is 8.85. The van der Waals surface area contributed by atoms with Crippen molar-refractivity contribution in [2.75, 3.05) is 0 Å². The Kier molecular flexibility index (Phi) is 5.70. The smallest absolute Gasteiger partial charge is 0.333 e. The summed E-state index contributed by atoms with van der Waals surface area (Å²) in [6.45, 7) is 10.2. The number of aliphatic hydroxyl groups is 1. The van der Waals surface area contributed by atoms with Gasteiger partial charge in [-0.25, -0.2) is 4.79 Å². The first-order chi connectivity index (χ1) is 10.3. The maximum absolute atomic E-state index is 11.6. The lowest BCUT2D eigenvalue weighted by Gasteiger charge is -2.46. The number of ether oxygens (including phenoxy) is 1. The van der Waals surface area contributed by atoms with Crippen molar-refractivity contribution in [2.45, 2.75) is 84.3 Å². The molecule has 0 bridgehead atoms. The minimum atomic E-state index is -0.246. The van der Waals surface area contributed by atoms with E-state index in [4.69, 9.17) is 4.74 Å². The summed E-state index contributed by atoms with van der Waals surface area (Å²) in [6, 6.07) is 0. The van der Waals surface area contributed by atoms with Crippen molar-refractivity contribution in [2.24, 2.45) is 17.3 Å². The van der Waals surface area contributed by atoms with Crippen molar-refractivity contribution < 1.29 is 14.6 Å². The zero-order valence-electron chi connectivity index (χ0n) is 14.4. The van der Waals surface area contributed by atoms with Crippen LogP contribution in [0.25, 0.3) is 0 Å². The maximum Gasteiger partial charge on any atom is 0.333 e. The number of carbonyl (C=O) groups excluding carboxylic acids is 1. The van der Waals surface area contributed by atoms with E-state index in [9.17, 15) is 9.90 Å². The van der Waals surface area contributed by atoms with Gasteiger partial charge in [-0.1, -0.05) is 20.4 Å². The molecule has 22 heavy (non-hydrogen) atoms. The number of carbonyl (C=O) groups is 1. The molecule has 0 aromatic carbocycles. The first-order valence-electron chi connectivity index (χ1n) is 8.85. The van der Waals surface area contributed by atoms with Crippen LogP contribution < -0.4 is 0 Å². The first kappa shape index (κ1) is 17.5. The van der Waals surface area contributed by atoms with Crippen molar-refractivity contribution in [3.05, 3.63) is 12.2 Å². The van der Waals surface area contributed by atoms with Gasteiger partial charge in [0.05, 0.1) is 6.10 Å². The highest BCUT2D eigenvalue weighted by molar-refractivity contribution is 5.87. The number of hydrogen-bond donors (Lipinski definition) is 1. The van der Waals surface area contributed by atoms with E-state index in [2.05, 4.69) is 20.4 Å². The second-order valence-corrected chi connectivity index (χ2v) is 7.99. The van der Waals surface area contributed by atoms with Crippen LogP contribution >= 0.6 is 0 Å². The molecule has 3 heteroatoms. The zero-order valence-corrected chi connectivity index (χ0v) is 14.4. The molecule has 0 radical (unpaired) electrons. The number of aliphatic hydroxyl groups excluding tert-OH is 1. The second kappa shape index (κ2) is 7.16. The molecule has 2 aliphatic rings. The molecule has 0 atom stereocenters. The molecule has 3 nitrogen and oxygen atoms in total. The van der Waals surface area contributed by atoms with Gasteiger partial charge >= 0.3 is 5.97 Å². The third kappa shape index (κ3) is 4.13. The molecule has 2 fully saturated rings. The van der Waals surface area contributed by atoms with Crippen LogP contribution in [0.1, 0.15) is 72.1 Å². The Labute approximate surface area is 135 Å². The van der Waals surface area contributed by atoms with Gasteiger partial charge in [0.15, 0.2) is 0 Å². The lowest BCUT2D eigenvalue weighted by Crippen LogP contribution is -2.39. The van der Waals surface area contributed by atoms with Crippen LogP contribution in [-0.4, -0.2) is 23.3 Å². The monoisotopic (exact) mass is 308 g/mol. The molecule has 0 heterocycles. The van der Waals surface area contributed by atoms with Crippen LogP contribution in [0.2, 0.25) is 0 Å². The maximum atomic E-state index is 11.6. The van der Waals surface area contributed by atoms with Crippen LogP contribution in [0.4, 0.5) is 0 Å². The Hall–Kier alpha value is -0.830. The molecule has 0 unspecified atom stereocenters. The van der Waals surface area contributed by atoms with E-state index in [0.717, 1.165) is 57.3 Å². The van der Waals surface area contributed by atoms with Gasteiger partial charge < -0.3 is 9.84 Å². The van der Waals surface area contributed by atoms with Crippen molar-refractivity contribution in [3.63, 3.8) is 0 Å². The molecular formula is C19H32O3. The van der Waals surface area contributed by atoms with Gasteiger partial charge in [-0.2, -0.15) is 0 Å². The van der Waals surface area contributed by atoms with Crippen LogP contribution in [-0.2, 0) is 9.53 Å². The van der Waals surface area contributed by atoms with Gasteiger partial charge in [0.1, 0.15) is 6.10 Å². The highest BCUT2D eigenvalue weighted by atomic mass is 16.5. The molecule has 1 N–H and O–H groups in total. The van der Waals surface area contributed by atoms with E-state index < -0.39 is 0 Å². The highest BCUT2D eigenvalue weighted by Gasteiger charge is 2.40. The third-order valence-corrected chi connectivity index (χ3v) is 6.10. The van der Waals surface area contributed by atoms with Gasteiger partial charge in [-0.15, -0.1) is 0 Å². The summed E-state index contributed by atoms with van der Waals surface area (Å²) in [5.74, 6) is 1.17. The summed E-state index contributed by atoms with van der Waals surface area (Å²) in [4.78, 5) is 11.6. The molecule has 2 saturated carbocycles. The van der Waals surface area contributed by atoms with E-state index in [-0.39, 0.29) is 18.2 Å². The normalized spacial score (nSPS) is 33.3. The molecule has 0 aromatic heterocycles. The average Bonchev–Trinajstić information content (AvgIpc) is 2.48. The van der Waals surface area contributed by atoms with Gasteiger partial charge in [-0.3, -0.25) is 0 Å². The van der Waals surface area contributed by atoms with Crippen LogP contribution in [0.15, 0.2) is 12.2 Å². The van der Waals surface area contributed by atoms with Gasteiger partial charge in [-0.05, 0) is 75.5 Å². The Bertz CT molecular complexity index is 397. The Morgan fingerprint density at radius 2 is 1.45 bits per heavy atom. The van der Waals surface area contributed by atoms with Crippen molar-refractivity contribution in [3.8, 4) is 0 Å². The second-order valence-electron chi connectivity index (χ2n) is 7.99. The molecule has 0 spiro atoms. The van der Waals surface area contributed by atoms with Gasteiger partial charge in [0, 0.05) is 5.57 Å². The standard InChI is InChI=1S/C19H32O3/c1-13(2)18(21)22-17-11-7-15(8-12-17)19(3,4)14-5-9-16(20)10-6-14/h14-17,20H,1,5-12H2,2-4H3. The fraction of sp³-hybridized carbons (Fsp3) is 0.842. The highest BCUT2D eigenvalue weighted by Crippen LogP contribution is 2.48. The van der Waals surface area contributed by atoms with Gasteiger partial charge in [0.25, 0.3) is 0 Å². The van der Waals surface area contributed by atoms with Crippen LogP contribution in [0.5, 0.6) is 0 Å². The average molecular weight is 308 g/mol. The van der Waals surface area contributed by atoms with E-state index in [1.54, 1.807) is 6.92 Å². The largest absolute Gasteiger partial charge is 0.459 e. The predicted molar refractivity (Wildman–Crippen MR) is 88.4 cm³/mol. The minimum absolute atomic E-state index is 0.0735. The third-order valence-electron chi connectivity index (χ3n) is 6.10.